The molecule has 1 aromatic carbocycles. The molecule has 0 amide bonds. The molecule has 148 valence electrons. The molecule has 3 rings (SSSR count). The molecule has 0 radical (unpaired) electrons. The minimum absolute atomic E-state index is 0.0526. The van der Waals surface area contributed by atoms with Gasteiger partial charge < -0.3 is 4.74 Å². The number of hydrogen-bond acceptors (Lipinski definition) is 6. The van der Waals surface area contributed by atoms with Crippen molar-refractivity contribution < 1.29 is 26.7 Å². The zero-order chi connectivity index (χ0) is 20.5. The van der Waals surface area contributed by atoms with Crippen molar-refractivity contribution in [2.24, 2.45) is 0 Å². The van der Waals surface area contributed by atoms with Gasteiger partial charge in [0.15, 0.2) is 17.3 Å². The van der Waals surface area contributed by atoms with Crippen LogP contribution in [-0.4, -0.2) is 42.6 Å². The van der Waals surface area contributed by atoms with Gasteiger partial charge in [-0.2, -0.15) is 0 Å². The third kappa shape index (κ3) is 3.40. The SMILES string of the molecule is CCc1nnc2c(S(=O)(=O)N(CC(=O)OC)c3ccc(F)c(F)c3)cccn12. The topological polar surface area (TPSA) is 93.9 Å². The first-order valence-electron chi connectivity index (χ1n) is 8.16. The number of esters is 1. The Bertz CT molecular complexity index is 1150. The average Bonchev–Trinajstić information content (AvgIpc) is 3.11. The Hall–Kier alpha value is -3.08. The van der Waals surface area contributed by atoms with Crippen LogP contribution in [0.5, 0.6) is 0 Å². The van der Waals surface area contributed by atoms with Gasteiger partial charge in [-0.25, -0.2) is 17.2 Å². The molecule has 0 saturated heterocycles. The third-order valence-corrected chi connectivity index (χ3v) is 5.84. The molecule has 8 nitrogen and oxygen atoms in total. The van der Waals surface area contributed by atoms with Gasteiger partial charge in [-0.05, 0) is 24.3 Å². The van der Waals surface area contributed by atoms with Crippen LogP contribution < -0.4 is 4.31 Å². The lowest BCUT2D eigenvalue weighted by Gasteiger charge is -2.23. The molecule has 0 fully saturated rings. The molecule has 11 heteroatoms. The van der Waals surface area contributed by atoms with Gasteiger partial charge in [-0.3, -0.25) is 13.5 Å². The first-order chi connectivity index (χ1) is 13.3. The summed E-state index contributed by atoms with van der Waals surface area (Å²) in [5.41, 5.74) is -0.182. The van der Waals surface area contributed by atoms with Crippen molar-refractivity contribution in [2.75, 3.05) is 18.0 Å². The smallest absolute Gasteiger partial charge is 0.326 e. The number of hydrogen-bond donors (Lipinski definition) is 0. The minimum Gasteiger partial charge on any atom is -0.468 e. The van der Waals surface area contributed by atoms with Crippen LogP contribution in [0.15, 0.2) is 41.4 Å². The van der Waals surface area contributed by atoms with E-state index in [1.54, 1.807) is 6.20 Å². The van der Waals surface area contributed by atoms with Gasteiger partial charge in [0, 0.05) is 18.7 Å². The predicted octanol–water partition coefficient (Wildman–Crippen LogP) is 1.94. The van der Waals surface area contributed by atoms with Crippen LogP contribution in [0.2, 0.25) is 0 Å². The van der Waals surface area contributed by atoms with Crippen LogP contribution in [0.3, 0.4) is 0 Å². The van der Waals surface area contributed by atoms with Crippen LogP contribution in [0.4, 0.5) is 14.5 Å². The Morgan fingerprint density at radius 1 is 1.21 bits per heavy atom. The van der Waals surface area contributed by atoms with Gasteiger partial charge in [-0.1, -0.05) is 6.92 Å². The van der Waals surface area contributed by atoms with Crippen LogP contribution >= 0.6 is 0 Å². The van der Waals surface area contributed by atoms with Crippen LogP contribution in [0.1, 0.15) is 12.7 Å². The molecule has 0 saturated carbocycles. The van der Waals surface area contributed by atoms with Crippen molar-refractivity contribution >= 4 is 27.3 Å². The summed E-state index contributed by atoms with van der Waals surface area (Å²) in [4.78, 5) is 11.6. The molecule has 0 N–H and O–H groups in total. The number of anilines is 1. The number of carbonyl (C=O) groups excluding carboxylic acids is 1. The van der Waals surface area contributed by atoms with E-state index in [-0.39, 0.29) is 16.2 Å². The van der Waals surface area contributed by atoms with Crippen molar-refractivity contribution in [2.45, 2.75) is 18.2 Å². The highest BCUT2D eigenvalue weighted by Gasteiger charge is 2.31. The summed E-state index contributed by atoms with van der Waals surface area (Å²) in [5, 5.41) is 7.87. The van der Waals surface area contributed by atoms with E-state index in [9.17, 15) is 22.0 Å². The van der Waals surface area contributed by atoms with E-state index in [2.05, 4.69) is 14.9 Å². The van der Waals surface area contributed by atoms with Gasteiger partial charge in [0.1, 0.15) is 17.3 Å². The Morgan fingerprint density at radius 2 is 1.96 bits per heavy atom. The largest absolute Gasteiger partial charge is 0.468 e. The first kappa shape index (κ1) is 19.7. The lowest BCUT2D eigenvalue weighted by Crippen LogP contribution is -2.36. The van der Waals surface area contributed by atoms with E-state index < -0.39 is 34.2 Å². The molecular weight excluding hydrogens is 394 g/mol. The lowest BCUT2D eigenvalue weighted by atomic mass is 10.3. The van der Waals surface area contributed by atoms with Crippen LogP contribution in [0, 0.1) is 11.6 Å². The van der Waals surface area contributed by atoms with Crippen LogP contribution in [0.25, 0.3) is 5.65 Å². The Morgan fingerprint density at radius 3 is 2.61 bits per heavy atom. The quantitative estimate of drug-likeness (QED) is 0.577. The van der Waals surface area contributed by atoms with E-state index in [0.717, 1.165) is 19.2 Å². The number of ether oxygens (including phenoxy) is 1. The third-order valence-electron chi connectivity index (χ3n) is 4.05. The predicted molar refractivity (Wildman–Crippen MR) is 95.3 cm³/mol. The van der Waals surface area contributed by atoms with E-state index in [1.807, 2.05) is 6.92 Å². The summed E-state index contributed by atoms with van der Waals surface area (Å²) in [6, 6.07) is 5.31. The number of methoxy groups -OCH3 is 1. The van der Waals surface area contributed by atoms with Crippen molar-refractivity contribution in [3.63, 3.8) is 0 Å². The fraction of sp³-hybridized carbons (Fsp3) is 0.235. The highest BCUT2D eigenvalue weighted by Crippen LogP contribution is 2.27. The van der Waals surface area contributed by atoms with E-state index in [0.29, 0.717) is 22.6 Å². The molecule has 28 heavy (non-hydrogen) atoms. The molecule has 2 heterocycles. The summed E-state index contributed by atoms with van der Waals surface area (Å²) < 4.78 is 60.3. The van der Waals surface area contributed by atoms with Crippen molar-refractivity contribution in [1.82, 2.24) is 14.6 Å². The van der Waals surface area contributed by atoms with Gasteiger partial charge in [0.2, 0.25) is 0 Å². The number of fused-ring (bicyclic) bond motifs is 1. The molecule has 0 aliphatic heterocycles. The maximum absolute atomic E-state index is 13.7. The van der Waals surface area contributed by atoms with Gasteiger partial charge >= 0.3 is 5.97 Å². The van der Waals surface area contributed by atoms with Crippen LogP contribution in [-0.2, 0) is 26.0 Å². The molecule has 0 aliphatic rings. The van der Waals surface area contributed by atoms with Gasteiger partial charge in [-0.15, -0.1) is 10.2 Å². The maximum Gasteiger partial charge on any atom is 0.326 e. The molecule has 0 bridgehead atoms. The number of halogens is 2. The number of aryl methyl sites for hydroxylation is 1. The number of nitrogens with zero attached hydrogens (tertiary/aromatic N) is 4. The fourth-order valence-corrected chi connectivity index (χ4v) is 4.16. The number of carbonyl (C=O) groups is 1. The van der Waals surface area contributed by atoms with E-state index in [4.69, 9.17) is 0 Å². The number of sulfonamides is 1. The summed E-state index contributed by atoms with van der Waals surface area (Å²) >= 11 is 0. The molecule has 2 aromatic heterocycles. The average molecular weight is 410 g/mol. The van der Waals surface area contributed by atoms with E-state index in [1.165, 1.54) is 16.5 Å². The first-order valence-corrected chi connectivity index (χ1v) is 9.60. The van der Waals surface area contributed by atoms with Crippen molar-refractivity contribution in [3.8, 4) is 0 Å². The van der Waals surface area contributed by atoms with Crippen molar-refractivity contribution in [3.05, 3.63) is 54.0 Å². The highest BCUT2D eigenvalue weighted by molar-refractivity contribution is 7.93. The van der Waals surface area contributed by atoms with Gasteiger partial charge in [0.05, 0.1) is 12.8 Å². The molecular formula is C17H16F2N4O4S. The Kier molecular flexibility index (Phi) is 5.27. The molecule has 0 spiro atoms. The normalized spacial score (nSPS) is 11.6. The second-order valence-corrected chi connectivity index (χ2v) is 7.55. The molecule has 0 unspecified atom stereocenters. The van der Waals surface area contributed by atoms with Crippen molar-refractivity contribution in [1.29, 1.82) is 0 Å². The molecule has 3 aromatic rings. The van der Waals surface area contributed by atoms with Gasteiger partial charge in [0.25, 0.3) is 10.0 Å². The second kappa shape index (κ2) is 7.50. The lowest BCUT2D eigenvalue weighted by molar-refractivity contribution is -0.138. The second-order valence-electron chi connectivity index (χ2n) is 5.72. The monoisotopic (exact) mass is 410 g/mol. The Balaban J connectivity index is 2.19. The summed E-state index contributed by atoms with van der Waals surface area (Å²) in [6.07, 6.45) is 2.12. The number of rotatable bonds is 6. The highest BCUT2D eigenvalue weighted by atomic mass is 32.2. The fourth-order valence-electron chi connectivity index (χ4n) is 2.64. The number of pyridine rings is 1. The minimum atomic E-state index is -4.39. The van der Waals surface area contributed by atoms with E-state index >= 15 is 0 Å². The summed E-state index contributed by atoms with van der Waals surface area (Å²) in [7, 11) is -3.30. The zero-order valence-corrected chi connectivity index (χ0v) is 15.8. The standard InChI is InChI=1S/C17H16F2N4O4S/c1-3-15-20-21-17-14(5-4-8-22(15)17)28(25,26)23(10-16(24)27-2)11-6-7-12(18)13(19)9-11/h4-9H,3,10H2,1-2H3. The maximum atomic E-state index is 13.7. The summed E-state index contributed by atoms with van der Waals surface area (Å²) in [5.74, 6) is -2.74. The number of aromatic nitrogens is 3. The zero-order valence-electron chi connectivity index (χ0n) is 15.0. The summed E-state index contributed by atoms with van der Waals surface area (Å²) in [6.45, 7) is 1.10. The number of benzene rings is 1. The Labute approximate surface area is 159 Å². The molecule has 0 aliphatic carbocycles. The molecule has 0 atom stereocenters.